The minimum absolute atomic E-state index is 0.0741. The number of piperidine rings is 2. The average Bonchev–Trinajstić information content (AvgIpc) is 3.47. The summed E-state index contributed by atoms with van der Waals surface area (Å²) in [4.78, 5) is 32.3. The molecule has 9 nitrogen and oxygen atoms in total. The van der Waals surface area contributed by atoms with E-state index in [4.69, 9.17) is 9.26 Å². The zero-order valence-corrected chi connectivity index (χ0v) is 22.8. The fourth-order valence-electron chi connectivity index (χ4n) is 5.94. The Bertz CT molecular complexity index is 1060. The standard InChI is InChI=1S/C29H41N5O4/c1-20(2)27-30-29(38-32-27)34-15-11-21(12-16-34)19-37-26-9-7-23(8-10-26)22-3-5-24(6-4-22)28(35)33-17-13-25(31-36)14-18-33/h3,7,9-10,20-21,23-25H,4-6,8,11-19H2,1-2H3. The first-order chi connectivity index (χ1) is 18.5. The van der Waals surface area contributed by atoms with Crippen LogP contribution in [-0.4, -0.2) is 59.8 Å². The van der Waals surface area contributed by atoms with Crippen molar-refractivity contribution in [3.05, 3.63) is 46.4 Å². The van der Waals surface area contributed by atoms with Gasteiger partial charge in [-0.3, -0.25) is 4.79 Å². The molecule has 0 bridgehead atoms. The minimum atomic E-state index is -0.120. The quantitative estimate of drug-likeness (QED) is 0.333. The summed E-state index contributed by atoms with van der Waals surface area (Å²) in [6.45, 7) is 8.04. The molecule has 2 aliphatic heterocycles. The summed E-state index contributed by atoms with van der Waals surface area (Å²) in [6, 6.07) is 0.521. The summed E-state index contributed by atoms with van der Waals surface area (Å²) < 4.78 is 11.6. The zero-order valence-electron chi connectivity index (χ0n) is 22.8. The molecular formula is C29H41N5O4. The van der Waals surface area contributed by atoms with E-state index in [1.165, 1.54) is 5.57 Å². The summed E-state index contributed by atoms with van der Waals surface area (Å²) >= 11 is 0. The van der Waals surface area contributed by atoms with Gasteiger partial charge in [0.2, 0.25) is 5.91 Å². The van der Waals surface area contributed by atoms with Crippen molar-refractivity contribution in [2.45, 2.75) is 77.2 Å². The number of anilines is 1. The summed E-state index contributed by atoms with van der Waals surface area (Å²) in [5, 5.41) is 7.23. The Labute approximate surface area is 225 Å². The van der Waals surface area contributed by atoms with E-state index < -0.39 is 0 Å². The van der Waals surface area contributed by atoms with Crippen LogP contribution in [0, 0.1) is 22.7 Å². The SMILES string of the molecule is CC(C)c1noc(N2CCC(COC3=CCC(C4=CCC(C(=O)N5CCC(N=O)CC5)CC4)C=C3)CC2)n1. The maximum Gasteiger partial charge on any atom is 0.324 e. The van der Waals surface area contributed by atoms with Crippen LogP contribution in [0.4, 0.5) is 6.01 Å². The molecule has 2 saturated heterocycles. The van der Waals surface area contributed by atoms with Crippen LogP contribution in [0.2, 0.25) is 0 Å². The fraction of sp³-hybridized carbons (Fsp3) is 0.690. The molecular weight excluding hydrogens is 482 g/mol. The van der Waals surface area contributed by atoms with E-state index in [2.05, 4.69) is 58.4 Å². The van der Waals surface area contributed by atoms with Crippen LogP contribution >= 0.6 is 0 Å². The predicted molar refractivity (Wildman–Crippen MR) is 145 cm³/mol. The Morgan fingerprint density at radius 2 is 1.89 bits per heavy atom. The maximum atomic E-state index is 12.9. The van der Waals surface area contributed by atoms with Crippen molar-refractivity contribution in [2.75, 3.05) is 37.7 Å². The van der Waals surface area contributed by atoms with Crippen molar-refractivity contribution in [3.63, 3.8) is 0 Å². The second-order valence-corrected chi connectivity index (χ2v) is 11.6. The van der Waals surface area contributed by atoms with Crippen molar-refractivity contribution >= 4 is 11.9 Å². The number of likely N-dealkylation sites (tertiary alicyclic amines) is 1. The number of aromatic nitrogens is 2. The van der Waals surface area contributed by atoms with E-state index in [9.17, 15) is 9.70 Å². The number of nitrogens with zero attached hydrogens (tertiary/aromatic N) is 5. The molecule has 0 radical (unpaired) electrons. The van der Waals surface area contributed by atoms with Gasteiger partial charge >= 0.3 is 6.01 Å². The third kappa shape index (κ3) is 6.35. The zero-order chi connectivity index (χ0) is 26.5. The van der Waals surface area contributed by atoms with E-state index in [0.29, 0.717) is 43.8 Å². The molecule has 1 amide bonds. The molecule has 5 rings (SSSR count). The third-order valence-corrected chi connectivity index (χ3v) is 8.58. The Balaban J connectivity index is 1.02. The van der Waals surface area contributed by atoms with Gasteiger partial charge in [-0.25, -0.2) is 0 Å². The van der Waals surface area contributed by atoms with E-state index in [-0.39, 0.29) is 23.8 Å². The topological polar surface area (TPSA) is 101 Å². The maximum absolute atomic E-state index is 12.9. The van der Waals surface area contributed by atoms with Crippen molar-refractivity contribution in [1.82, 2.24) is 15.0 Å². The van der Waals surface area contributed by atoms with Crippen molar-refractivity contribution < 1.29 is 14.1 Å². The lowest BCUT2D eigenvalue weighted by Crippen LogP contribution is -2.43. The van der Waals surface area contributed by atoms with Gasteiger partial charge in [0, 0.05) is 43.9 Å². The number of ether oxygens (including phenoxy) is 1. The Hall–Kier alpha value is -2.97. The van der Waals surface area contributed by atoms with Crippen molar-refractivity contribution in [1.29, 1.82) is 0 Å². The average molecular weight is 524 g/mol. The van der Waals surface area contributed by atoms with Gasteiger partial charge < -0.3 is 19.1 Å². The fourth-order valence-corrected chi connectivity index (χ4v) is 5.94. The predicted octanol–water partition coefficient (Wildman–Crippen LogP) is 5.37. The van der Waals surface area contributed by atoms with Gasteiger partial charge in [0.25, 0.3) is 0 Å². The van der Waals surface area contributed by atoms with Gasteiger partial charge in [-0.2, -0.15) is 9.89 Å². The van der Waals surface area contributed by atoms with Crippen LogP contribution in [-0.2, 0) is 9.53 Å². The molecule has 2 aliphatic carbocycles. The van der Waals surface area contributed by atoms with Crippen molar-refractivity contribution in [2.24, 2.45) is 22.9 Å². The second-order valence-electron chi connectivity index (χ2n) is 11.6. The number of nitroso groups, excluding NO2 is 1. The molecule has 9 heteroatoms. The highest BCUT2D eigenvalue weighted by Crippen LogP contribution is 2.34. The smallest absolute Gasteiger partial charge is 0.324 e. The molecule has 2 atom stereocenters. The second kappa shape index (κ2) is 12.3. The number of hydrogen-bond donors (Lipinski definition) is 0. The normalized spacial score (nSPS) is 25.3. The van der Waals surface area contributed by atoms with Gasteiger partial charge in [-0.05, 0) is 69.4 Å². The molecule has 206 valence electrons. The summed E-state index contributed by atoms with van der Waals surface area (Å²) in [5.74, 6) is 3.27. The van der Waals surface area contributed by atoms with E-state index in [1.54, 1.807) is 0 Å². The summed E-state index contributed by atoms with van der Waals surface area (Å²) in [6.07, 6.45) is 16.1. The molecule has 38 heavy (non-hydrogen) atoms. The van der Waals surface area contributed by atoms with E-state index in [0.717, 1.165) is 69.8 Å². The van der Waals surface area contributed by atoms with Crippen LogP contribution in [0.3, 0.4) is 0 Å². The van der Waals surface area contributed by atoms with Gasteiger partial charge in [-0.15, -0.1) is 0 Å². The van der Waals surface area contributed by atoms with Gasteiger partial charge in [0.05, 0.1) is 12.6 Å². The Kier molecular flexibility index (Phi) is 8.59. The highest BCUT2D eigenvalue weighted by molar-refractivity contribution is 5.79. The molecule has 1 aromatic heterocycles. The summed E-state index contributed by atoms with van der Waals surface area (Å²) in [5.41, 5.74) is 1.44. The molecule has 0 aromatic carbocycles. The lowest BCUT2D eigenvalue weighted by molar-refractivity contribution is -0.136. The molecule has 3 heterocycles. The number of hydrogen-bond acceptors (Lipinski definition) is 8. The van der Waals surface area contributed by atoms with Crippen LogP contribution < -0.4 is 4.90 Å². The van der Waals surface area contributed by atoms with Crippen LogP contribution in [0.25, 0.3) is 0 Å². The highest BCUT2D eigenvalue weighted by atomic mass is 16.5. The number of amides is 1. The largest absolute Gasteiger partial charge is 0.494 e. The van der Waals surface area contributed by atoms with Gasteiger partial charge in [-0.1, -0.05) is 41.9 Å². The molecule has 4 aliphatic rings. The van der Waals surface area contributed by atoms with E-state index >= 15 is 0 Å². The first-order valence-electron chi connectivity index (χ1n) is 14.4. The molecule has 1 aromatic rings. The van der Waals surface area contributed by atoms with E-state index in [1.807, 2.05) is 4.90 Å². The third-order valence-electron chi connectivity index (χ3n) is 8.58. The van der Waals surface area contributed by atoms with Crippen LogP contribution in [0.15, 0.2) is 45.3 Å². The first-order valence-corrected chi connectivity index (χ1v) is 14.4. The Morgan fingerprint density at radius 3 is 2.50 bits per heavy atom. The molecule has 0 saturated carbocycles. The number of carbonyl (C=O) groups is 1. The van der Waals surface area contributed by atoms with Crippen LogP contribution in [0.5, 0.6) is 0 Å². The van der Waals surface area contributed by atoms with Gasteiger partial charge in [0.1, 0.15) is 5.76 Å². The minimum Gasteiger partial charge on any atom is -0.494 e. The number of carbonyl (C=O) groups excluding carboxylic acids is 1. The monoisotopic (exact) mass is 523 g/mol. The number of allylic oxidation sites excluding steroid dienone is 5. The number of rotatable bonds is 8. The molecule has 2 unspecified atom stereocenters. The first kappa shape index (κ1) is 26.6. The highest BCUT2D eigenvalue weighted by Gasteiger charge is 2.31. The molecule has 0 spiro atoms. The lowest BCUT2D eigenvalue weighted by atomic mass is 9.80. The van der Waals surface area contributed by atoms with Crippen LogP contribution in [0.1, 0.15) is 77.0 Å². The molecule has 2 fully saturated rings. The lowest BCUT2D eigenvalue weighted by Gasteiger charge is -2.33. The Morgan fingerprint density at radius 1 is 1.11 bits per heavy atom. The molecule has 0 N–H and O–H groups in total. The van der Waals surface area contributed by atoms with Crippen molar-refractivity contribution in [3.8, 4) is 0 Å². The summed E-state index contributed by atoms with van der Waals surface area (Å²) in [7, 11) is 0. The van der Waals surface area contributed by atoms with Gasteiger partial charge in [0.15, 0.2) is 5.82 Å².